The van der Waals surface area contributed by atoms with Crippen molar-refractivity contribution in [1.82, 2.24) is 0 Å². The number of benzene rings is 7. The summed E-state index contributed by atoms with van der Waals surface area (Å²) in [6.07, 6.45) is 14.8. The summed E-state index contributed by atoms with van der Waals surface area (Å²) in [7, 11) is 0. The van der Waals surface area contributed by atoms with Gasteiger partial charge in [0.1, 0.15) is 11.2 Å². The van der Waals surface area contributed by atoms with Crippen molar-refractivity contribution in [2.75, 3.05) is 9.80 Å². The fourth-order valence-electron chi connectivity index (χ4n) is 8.77. The molecule has 272 valence electrons. The van der Waals surface area contributed by atoms with E-state index in [1.165, 1.54) is 22.3 Å². The van der Waals surface area contributed by atoms with E-state index in [0.717, 1.165) is 84.4 Å². The van der Waals surface area contributed by atoms with Gasteiger partial charge < -0.3 is 18.6 Å². The second-order valence-electron chi connectivity index (χ2n) is 14.9. The number of hydrogen-bond acceptors (Lipinski definition) is 4. The van der Waals surface area contributed by atoms with E-state index in [1.807, 2.05) is 18.2 Å². The Morgan fingerprint density at radius 3 is 1.65 bits per heavy atom. The van der Waals surface area contributed by atoms with Crippen LogP contribution in [0.15, 0.2) is 202 Å². The summed E-state index contributed by atoms with van der Waals surface area (Å²) < 4.78 is 13.2. The van der Waals surface area contributed by atoms with Crippen molar-refractivity contribution in [3.8, 4) is 0 Å². The van der Waals surface area contributed by atoms with Crippen LogP contribution in [0.5, 0.6) is 0 Å². The third-order valence-corrected chi connectivity index (χ3v) is 11.6. The lowest BCUT2D eigenvalue weighted by molar-refractivity contribution is 0.668. The zero-order valence-corrected chi connectivity index (χ0v) is 31.5. The van der Waals surface area contributed by atoms with E-state index in [1.54, 1.807) is 0 Å². The van der Waals surface area contributed by atoms with E-state index >= 15 is 0 Å². The lowest BCUT2D eigenvalue weighted by Crippen LogP contribution is -2.20. The molecule has 4 heteroatoms. The van der Waals surface area contributed by atoms with Gasteiger partial charge >= 0.3 is 0 Å². The van der Waals surface area contributed by atoms with E-state index < -0.39 is 0 Å². The van der Waals surface area contributed by atoms with Crippen LogP contribution in [-0.2, 0) is 0 Å². The lowest BCUT2D eigenvalue weighted by atomic mass is 9.87. The van der Waals surface area contributed by atoms with Crippen LogP contribution in [0.1, 0.15) is 23.1 Å². The average Bonchev–Trinajstić information content (AvgIpc) is 3.84. The smallest absolute Gasteiger partial charge is 0.159 e. The molecular weight excluding hydrogens is 697 g/mol. The van der Waals surface area contributed by atoms with Crippen molar-refractivity contribution in [1.29, 1.82) is 0 Å². The van der Waals surface area contributed by atoms with Crippen LogP contribution in [0.25, 0.3) is 56.0 Å². The predicted molar refractivity (Wildman–Crippen MR) is 238 cm³/mol. The highest BCUT2D eigenvalue weighted by molar-refractivity contribution is 6.11. The van der Waals surface area contributed by atoms with Crippen LogP contribution in [0.4, 0.5) is 28.4 Å². The van der Waals surface area contributed by atoms with Crippen LogP contribution < -0.4 is 9.80 Å². The molecule has 0 amide bonds. The zero-order valence-electron chi connectivity index (χ0n) is 31.5. The molecule has 9 aromatic rings. The molecule has 0 N–H and O–H groups in total. The number of rotatable bonds is 6. The normalized spacial score (nSPS) is 15.5. The molecule has 2 aromatic heterocycles. The molecule has 0 spiro atoms. The Morgan fingerprint density at radius 2 is 1.00 bits per heavy atom. The molecule has 2 heterocycles. The van der Waals surface area contributed by atoms with Gasteiger partial charge in [-0.15, -0.1) is 0 Å². The largest absolute Gasteiger partial charge is 0.454 e. The molecule has 4 nitrogen and oxygen atoms in total. The summed E-state index contributed by atoms with van der Waals surface area (Å²) in [5, 5.41) is 4.46. The molecule has 7 aromatic carbocycles. The van der Waals surface area contributed by atoms with Gasteiger partial charge in [-0.25, -0.2) is 0 Å². The van der Waals surface area contributed by atoms with Gasteiger partial charge in [0.2, 0.25) is 0 Å². The summed E-state index contributed by atoms with van der Waals surface area (Å²) in [4.78, 5) is 4.72. The van der Waals surface area contributed by atoms with E-state index in [0.29, 0.717) is 0 Å². The Kier molecular flexibility index (Phi) is 7.82. The van der Waals surface area contributed by atoms with Crippen molar-refractivity contribution in [2.45, 2.75) is 13.3 Å². The van der Waals surface area contributed by atoms with E-state index in [-0.39, 0.29) is 5.92 Å². The highest BCUT2D eigenvalue weighted by Gasteiger charge is 2.26. The SMILES string of the molecule is Cc1c2ccc(N(c3ccccc3)c3cccc4c3oc3ccccc34)c1/C=C\C1C=CC(N(c3ccccc3)c3cccc4c3oc3ccccc34)=C(C=C2)C1. The fraction of sp³-hybridized carbons (Fsp3) is 0.0566. The Balaban J connectivity index is 1.07. The topological polar surface area (TPSA) is 32.8 Å². The summed E-state index contributed by atoms with van der Waals surface area (Å²) in [5.74, 6) is 0.200. The molecular formula is C53H38N2O2. The second-order valence-corrected chi connectivity index (χ2v) is 14.9. The Labute approximate surface area is 331 Å². The monoisotopic (exact) mass is 734 g/mol. The van der Waals surface area contributed by atoms with Crippen LogP contribution in [-0.4, -0.2) is 0 Å². The molecule has 0 aliphatic heterocycles. The number of nitrogens with zero attached hydrogens (tertiary/aromatic N) is 2. The maximum atomic E-state index is 6.62. The van der Waals surface area contributed by atoms with Gasteiger partial charge in [-0.05, 0) is 96.6 Å². The number of furan rings is 2. The minimum absolute atomic E-state index is 0.200. The van der Waals surface area contributed by atoms with E-state index in [9.17, 15) is 0 Å². The third-order valence-electron chi connectivity index (χ3n) is 11.6. The van der Waals surface area contributed by atoms with Crippen LogP contribution >= 0.6 is 0 Å². The Morgan fingerprint density at radius 1 is 0.456 bits per heavy atom. The molecule has 0 radical (unpaired) electrons. The number of hydrogen-bond donors (Lipinski definition) is 0. The first-order valence-corrected chi connectivity index (χ1v) is 19.6. The van der Waals surface area contributed by atoms with Gasteiger partial charge in [-0.2, -0.15) is 0 Å². The molecule has 0 saturated carbocycles. The van der Waals surface area contributed by atoms with Crippen molar-refractivity contribution >= 4 is 84.5 Å². The molecule has 4 bridgehead atoms. The van der Waals surface area contributed by atoms with Gasteiger partial charge in [-0.3, -0.25) is 0 Å². The Bertz CT molecular complexity index is 3120. The van der Waals surface area contributed by atoms with Crippen molar-refractivity contribution in [3.05, 3.63) is 210 Å². The molecule has 0 fully saturated rings. The number of allylic oxidation sites excluding steroid dienone is 5. The summed E-state index contributed by atoms with van der Waals surface area (Å²) in [6.45, 7) is 2.24. The van der Waals surface area contributed by atoms with Crippen molar-refractivity contribution in [3.63, 3.8) is 0 Å². The van der Waals surface area contributed by atoms with Gasteiger partial charge in [0.25, 0.3) is 0 Å². The van der Waals surface area contributed by atoms with Gasteiger partial charge in [-0.1, -0.05) is 134 Å². The van der Waals surface area contributed by atoms with Crippen molar-refractivity contribution < 1.29 is 8.83 Å². The number of fused-ring (bicyclic) bond motifs is 10. The summed E-state index contributed by atoms with van der Waals surface area (Å²) in [6, 6.07) is 55.3. The van der Waals surface area contributed by atoms with Crippen molar-refractivity contribution in [2.24, 2.45) is 5.92 Å². The fourth-order valence-corrected chi connectivity index (χ4v) is 8.77. The summed E-state index contributed by atoms with van der Waals surface area (Å²) >= 11 is 0. The first-order valence-electron chi connectivity index (χ1n) is 19.6. The van der Waals surface area contributed by atoms with Gasteiger partial charge in [0.15, 0.2) is 11.2 Å². The molecule has 11 rings (SSSR count). The molecule has 2 aliphatic rings. The van der Waals surface area contributed by atoms with Gasteiger partial charge in [0.05, 0.1) is 17.1 Å². The van der Waals surface area contributed by atoms with Crippen LogP contribution in [0, 0.1) is 12.8 Å². The number of anilines is 5. The predicted octanol–water partition coefficient (Wildman–Crippen LogP) is 15.0. The number of para-hydroxylation sites is 6. The molecule has 1 atom stereocenters. The first-order chi connectivity index (χ1) is 28.2. The average molecular weight is 735 g/mol. The maximum absolute atomic E-state index is 6.62. The first kappa shape index (κ1) is 33.1. The van der Waals surface area contributed by atoms with Crippen LogP contribution in [0.2, 0.25) is 0 Å². The van der Waals surface area contributed by atoms with E-state index in [4.69, 9.17) is 8.83 Å². The lowest BCUT2D eigenvalue weighted by Gasteiger charge is -2.31. The third kappa shape index (κ3) is 5.52. The second kappa shape index (κ2) is 13.5. The zero-order chi connectivity index (χ0) is 37.9. The minimum Gasteiger partial charge on any atom is -0.454 e. The molecule has 0 saturated heterocycles. The molecule has 2 aliphatic carbocycles. The summed E-state index contributed by atoms with van der Waals surface area (Å²) in [5.41, 5.74) is 14.8. The molecule has 57 heavy (non-hydrogen) atoms. The maximum Gasteiger partial charge on any atom is 0.159 e. The standard InChI is InChI=1S/C53H38N2O2/c1-35-37-28-29-38-34-36(27-32-46(38)54(39-14-4-2-5-15-39)48-22-12-20-44-42-18-8-10-24-50(42)56-52(44)48)26-31-41(35)47(33-30-37)55(40-16-6-3-7-17-40)49-23-13-21-45-43-19-9-11-25-51(43)57-53(45)49/h2-33,36H,34H2,1H3/b29-28?,31-26-. The highest BCUT2D eigenvalue weighted by atomic mass is 16.3. The van der Waals surface area contributed by atoms with Gasteiger partial charge in [0, 0.05) is 44.2 Å². The minimum atomic E-state index is 0.200. The highest BCUT2D eigenvalue weighted by Crippen LogP contribution is 2.46. The van der Waals surface area contributed by atoms with E-state index in [2.05, 4.69) is 193 Å². The van der Waals surface area contributed by atoms with Crippen LogP contribution in [0.3, 0.4) is 0 Å². The quantitative estimate of drug-likeness (QED) is 0.170. The Hall–Kier alpha value is -7.30. The molecule has 1 unspecified atom stereocenters.